The Morgan fingerprint density at radius 2 is 1.42 bits per heavy atom. The number of benzene rings is 2. The van der Waals surface area contributed by atoms with Gasteiger partial charge in [0.1, 0.15) is 19.3 Å². The summed E-state index contributed by atoms with van der Waals surface area (Å²) >= 11 is 0. The van der Waals surface area contributed by atoms with E-state index in [4.69, 9.17) is 24.1 Å². The largest absolute Gasteiger partial charge is 0.451 e. The van der Waals surface area contributed by atoms with Crippen LogP contribution in [0.3, 0.4) is 0 Å². The van der Waals surface area contributed by atoms with Crippen molar-refractivity contribution in [1.29, 1.82) is 0 Å². The van der Waals surface area contributed by atoms with Crippen molar-refractivity contribution in [1.82, 2.24) is 5.32 Å². The monoisotopic (exact) mass is 661 g/mol. The Morgan fingerprint density at radius 3 is 1.94 bits per heavy atom. The number of alkyl carbamates (subject to hydrolysis) is 1. The molecule has 3 atom stereocenters. The third kappa shape index (κ3) is 19.9. The quantitative estimate of drug-likeness (QED) is 0.112. The number of allylic oxidation sites excluding steroid dienone is 2. The third-order valence-corrected chi connectivity index (χ3v) is 5.91. The van der Waals surface area contributed by atoms with Crippen molar-refractivity contribution in [2.45, 2.75) is 86.4 Å². The van der Waals surface area contributed by atoms with Crippen LogP contribution in [0.1, 0.15) is 66.0 Å². The molecule has 0 spiro atoms. The molecule has 2 aromatic carbocycles. The Hall–Kier alpha value is -5.32. The Labute approximate surface area is 284 Å². The lowest BCUT2D eigenvalue weighted by Gasteiger charge is -2.22. The molecule has 0 bridgehead atoms. The van der Waals surface area contributed by atoms with E-state index in [0.29, 0.717) is 13.0 Å². The van der Waals surface area contributed by atoms with E-state index in [2.05, 4.69) is 29.0 Å². The third-order valence-electron chi connectivity index (χ3n) is 5.91. The Balaban J connectivity index is 0.00000110. The maximum Gasteiger partial charge on any atom is 0.407 e. The summed E-state index contributed by atoms with van der Waals surface area (Å²) in [6.07, 6.45) is 5.18. The first-order valence-corrected chi connectivity index (χ1v) is 14.8. The van der Waals surface area contributed by atoms with E-state index in [-0.39, 0.29) is 34.1 Å². The van der Waals surface area contributed by atoms with E-state index < -0.39 is 36.2 Å². The van der Waals surface area contributed by atoms with Crippen LogP contribution in [0.15, 0.2) is 84.5 Å². The van der Waals surface area contributed by atoms with Crippen molar-refractivity contribution in [3.8, 4) is 23.7 Å². The molecule has 2 aromatic rings. The normalized spacial score (nSPS) is 14.0. The van der Waals surface area contributed by atoms with E-state index >= 15 is 0 Å². The van der Waals surface area contributed by atoms with Gasteiger partial charge >= 0.3 is 24.0 Å². The molecule has 1 amide bonds. The number of esters is 3. The number of amides is 1. The second-order valence-electron chi connectivity index (χ2n) is 9.87. The average Bonchev–Trinajstić information content (AvgIpc) is 3.05. The highest BCUT2D eigenvalue weighted by atomic mass is 16.6. The number of carbonyl (C=O) groups is 4. The van der Waals surface area contributed by atoms with Gasteiger partial charge in [0.2, 0.25) is 0 Å². The fourth-order valence-electron chi connectivity index (χ4n) is 3.80. The first kappa shape index (κ1) is 42.7. The van der Waals surface area contributed by atoms with Gasteiger partial charge in [-0.3, -0.25) is 0 Å². The van der Waals surface area contributed by atoms with Crippen LogP contribution >= 0.6 is 0 Å². The van der Waals surface area contributed by atoms with Crippen molar-refractivity contribution in [3.63, 3.8) is 0 Å². The van der Waals surface area contributed by atoms with Gasteiger partial charge in [-0.25, -0.2) is 19.2 Å². The molecule has 258 valence electrons. The van der Waals surface area contributed by atoms with Gasteiger partial charge in [-0.2, -0.15) is 0 Å². The van der Waals surface area contributed by atoms with Crippen molar-refractivity contribution >= 4 is 24.0 Å². The second kappa shape index (κ2) is 24.9. The maximum absolute atomic E-state index is 12.0. The molecule has 0 radical (unpaired) electrons. The first-order valence-electron chi connectivity index (χ1n) is 14.8. The molecule has 48 heavy (non-hydrogen) atoms. The van der Waals surface area contributed by atoms with Gasteiger partial charge < -0.3 is 29.4 Å². The van der Waals surface area contributed by atoms with Crippen molar-refractivity contribution in [2.24, 2.45) is 0 Å². The molecular formula is C38H47NO9. The van der Waals surface area contributed by atoms with Gasteiger partial charge in [0.15, 0.2) is 6.10 Å². The molecule has 0 aliphatic heterocycles. The average molecular weight is 662 g/mol. The molecule has 10 nitrogen and oxygen atoms in total. The summed E-state index contributed by atoms with van der Waals surface area (Å²) in [5.74, 6) is 7.50. The van der Waals surface area contributed by atoms with Gasteiger partial charge in [-0.15, -0.1) is 0 Å². The molecule has 10 heteroatoms. The molecule has 0 unspecified atom stereocenters. The van der Waals surface area contributed by atoms with Gasteiger partial charge in [-0.1, -0.05) is 93.6 Å². The summed E-state index contributed by atoms with van der Waals surface area (Å²) in [5, 5.41) is 11.6. The number of hydrogen-bond donors (Lipinski definition) is 2. The zero-order chi connectivity index (χ0) is 33.6. The summed E-state index contributed by atoms with van der Waals surface area (Å²) in [4.78, 5) is 46.2. The lowest BCUT2D eigenvalue weighted by molar-refractivity contribution is -0.140. The van der Waals surface area contributed by atoms with Crippen LogP contribution in [0.25, 0.3) is 0 Å². The predicted octanol–water partition coefficient (Wildman–Crippen LogP) is 5.83. The zero-order valence-electron chi connectivity index (χ0n) is 26.2. The standard InChI is InChI=1S/C24H27NO6.C12H12O3.2CH4/c1-3-29-24(28)25-21-11-7-10-19(16-21)13-15-23(27)31-18(2)12-14-22(26)30-17-20-8-5-4-6-9-20;1-10(13)7-8-12(14)15-9-11-5-3-2-4-6-11;;/h4-6,8-10,13,15,18,21H,3,7,11,16-17H2,1-2H3,(H,25,28);2-6,10,13H,9H2,1H3;2*1H4/b15-13+;;;/t18-,21-;10-;;/m11../s1. The molecular weight excluding hydrogens is 614 g/mol. The Kier molecular flexibility index (Phi) is 22.1. The number of aliphatic hydroxyl groups excluding tert-OH is 1. The van der Waals surface area contributed by atoms with Crippen molar-refractivity contribution in [2.75, 3.05) is 6.61 Å². The molecule has 0 aromatic heterocycles. The number of nitrogens with one attached hydrogen (secondary N) is 1. The van der Waals surface area contributed by atoms with Gasteiger partial charge in [0, 0.05) is 24.0 Å². The van der Waals surface area contributed by atoms with E-state index in [9.17, 15) is 19.2 Å². The lowest BCUT2D eigenvalue weighted by Crippen LogP contribution is -2.36. The minimum absolute atomic E-state index is 0. The number of hydrogen-bond acceptors (Lipinski definition) is 9. The zero-order valence-corrected chi connectivity index (χ0v) is 26.2. The number of ether oxygens (including phenoxy) is 4. The number of carbonyl (C=O) groups excluding carboxylic acids is 4. The predicted molar refractivity (Wildman–Crippen MR) is 184 cm³/mol. The molecule has 0 saturated heterocycles. The minimum Gasteiger partial charge on any atom is -0.451 e. The molecule has 1 aliphatic rings. The summed E-state index contributed by atoms with van der Waals surface area (Å²) in [6, 6.07) is 18.6. The van der Waals surface area contributed by atoms with E-state index in [0.717, 1.165) is 29.5 Å². The van der Waals surface area contributed by atoms with Gasteiger partial charge in [0.25, 0.3) is 0 Å². The van der Waals surface area contributed by atoms with Crippen LogP contribution in [0.4, 0.5) is 4.79 Å². The smallest absolute Gasteiger partial charge is 0.407 e. The van der Waals surface area contributed by atoms with Crippen LogP contribution < -0.4 is 5.32 Å². The summed E-state index contributed by atoms with van der Waals surface area (Å²) < 4.78 is 20.0. The van der Waals surface area contributed by atoms with Crippen molar-refractivity contribution in [3.05, 3.63) is 95.6 Å². The molecule has 0 heterocycles. The highest BCUT2D eigenvalue weighted by molar-refractivity contribution is 5.89. The van der Waals surface area contributed by atoms with Crippen LogP contribution in [0.5, 0.6) is 0 Å². The molecule has 1 aliphatic carbocycles. The van der Waals surface area contributed by atoms with E-state index in [1.54, 1.807) is 19.9 Å². The Morgan fingerprint density at radius 1 is 0.875 bits per heavy atom. The maximum atomic E-state index is 12.0. The second-order valence-corrected chi connectivity index (χ2v) is 9.87. The Bertz CT molecular complexity index is 1460. The number of aliphatic hydroxyl groups is 1. The summed E-state index contributed by atoms with van der Waals surface area (Å²) in [6.45, 7) is 5.46. The molecule has 3 rings (SSSR count). The lowest BCUT2D eigenvalue weighted by atomic mass is 9.94. The topological polar surface area (TPSA) is 137 Å². The van der Waals surface area contributed by atoms with E-state index in [1.807, 2.05) is 66.7 Å². The summed E-state index contributed by atoms with van der Waals surface area (Å²) in [7, 11) is 0. The molecule has 2 N–H and O–H groups in total. The van der Waals surface area contributed by atoms with E-state index in [1.165, 1.54) is 13.0 Å². The SMILES string of the molecule is C.C.CCOC(=O)N[C@@H]1CCC=C(/C=C/C(=O)O[C@H](C)C#CC(=O)OCc2ccccc2)C1.C[C@@H](O)C#CC(=O)OCc1ccccc1. The van der Waals surface area contributed by atoms with Gasteiger partial charge in [-0.05, 0) is 62.7 Å². The molecule has 0 saturated carbocycles. The fourth-order valence-corrected chi connectivity index (χ4v) is 3.80. The fraction of sp³-hybridized carbons (Fsp3) is 0.368. The van der Waals surface area contributed by atoms with Crippen LogP contribution in [-0.4, -0.2) is 54.0 Å². The number of rotatable bonds is 9. The van der Waals surface area contributed by atoms with Crippen LogP contribution in [0, 0.1) is 23.7 Å². The van der Waals surface area contributed by atoms with Crippen molar-refractivity contribution < 1.29 is 43.2 Å². The highest BCUT2D eigenvalue weighted by Crippen LogP contribution is 2.19. The van der Waals surface area contributed by atoms with Gasteiger partial charge in [0.05, 0.1) is 6.61 Å². The van der Waals surface area contributed by atoms with Crippen LogP contribution in [-0.2, 0) is 46.5 Å². The summed E-state index contributed by atoms with van der Waals surface area (Å²) in [5.41, 5.74) is 2.69. The molecule has 0 fully saturated rings. The first-order chi connectivity index (χ1) is 22.1. The minimum atomic E-state index is -0.811. The van der Waals surface area contributed by atoms with Crippen LogP contribution in [0.2, 0.25) is 0 Å². The highest BCUT2D eigenvalue weighted by Gasteiger charge is 2.17.